The van der Waals surface area contributed by atoms with E-state index in [-0.39, 0.29) is 0 Å². The lowest BCUT2D eigenvalue weighted by Gasteiger charge is -2.37. The molecule has 2 aromatic heterocycles. The van der Waals surface area contributed by atoms with Crippen LogP contribution >= 0.6 is 22.6 Å². The van der Waals surface area contributed by atoms with Crippen LogP contribution in [0.15, 0.2) is 6.07 Å². The van der Waals surface area contributed by atoms with E-state index in [4.69, 9.17) is 14.5 Å². The molecule has 2 unspecified atom stereocenters. The van der Waals surface area contributed by atoms with Gasteiger partial charge in [0.25, 0.3) is 0 Å². The number of rotatable bonds is 3. The number of nitrogens with one attached hydrogen (secondary N) is 1. The van der Waals surface area contributed by atoms with Crippen LogP contribution in [0.2, 0.25) is 0 Å². The van der Waals surface area contributed by atoms with E-state index in [1.807, 2.05) is 7.11 Å². The molecular weight excluding hydrogens is 445 g/mol. The summed E-state index contributed by atoms with van der Waals surface area (Å²) in [6.45, 7) is 3.63. The fraction of sp³-hybridized carbons (Fsp3) is 0.667. The number of nitrogens with zero attached hydrogens (tertiary/aromatic N) is 4. The van der Waals surface area contributed by atoms with E-state index in [1.54, 1.807) is 0 Å². The number of aromatic nitrogens is 3. The molecule has 26 heavy (non-hydrogen) atoms. The molecule has 2 bridgehead atoms. The highest BCUT2D eigenvalue weighted by Crippen LogP contribution is 2.38. The molecule has 0 spiro atoms. The van der Waals surface area contributed by atoms with Crippen LogP contribution in [0.25, 0.3) is 11.0 Å². The Morgan fingerprint density at radius 1 is 1.19 bits per heavy atom. The summed E-state index contributed by atoms with van der Waals surface area (Å²) in [7, 11) is 1.82. The Morgan fingerprint density at radius 3 is 2.62 bits per heavy atom. The summed E-state index contributed by atoms with van der Waals surface area (Å²) in [4.78, 5) is 9.88. The standard InChI is InChI=1S/C18H24IN5O2/c1-25-13-4-6-23(7-5-13)14-8-15(20-18-16(14)17(19)21-22-18)24-11-2-3-12(24)10-26-9-11/h8,11-13H,2-7,9-10H2,1H3,(H,20,21,22). The van der Waals surface area contributed by atoms with Gasteiger partial charge in [-0.15, -0.1) is 0 Å². The van der Waals surface area contributed by atoms with Crippen LogP contribution in [0.3, 0.4) is 0 Å². The second-order valence-electron chi connectivity index (χ2n) is 7.49. The number of pyridine rings is 1. The van der Waals surface area contributed by atoms with Crippen molar-refractivity contribution >= 4 is 45.1 Å². The molecule has 5 heterocycles. The largest absolute Gasteiger partial charge is 0.381 e. The molecule has 8 heteroatoms. The van der Waals surface area contributed by atoms with E-state index >= 15 is 0 Å². The first kappa shape index (κ1) is 17.0. The van der Waals surface area contributed by atoms with Gasteiger partial charge in [0.15, 0.2) is 5.65 Å². The SMILES string of the molecule is COC1CCN(c2cc(N3C4CCC3COC4)nc3n[nH]c(I)c23)CC1. The van der Waals surface area contributed by atoms with Gasteiger partial charge in [-0.25, -0.2) is 4.98 Å². The quantitative estimate of drug-likeness (QED) is 0.698. The Labute approximate surface area is 166 Å². The fourth-order valence-corrected chi connectivity index (χ4v) is 5.31. The van der Waals surface area contributed by atoms with Crippen LogP contribution in [-0.4, -0.2) is 66.8 Å². The van der Waals surface area contributed by atoms with Gasteiger partial charge in [0.1, 0.15) is 9.52 Å². The minimum absolute atomic E-state index is 0.376. The third-order valence-corrected chi connectivity index (χ3v) is 6.85. The Morgan fingerprint density at radius 2 is 1.92 bits per heavy atom. The molecular formula is C18H24IN5O2. The number of H-pyrrole nitrogens is 1. The van der Waals surface area contributed by atoms with Gasteiger partial charge in [0.05, 0.1) is 42.5 Å². The van der Waals surface area contributed by atoms with Gasteiger partial charge in [0, 0.05) is 26.3 Å². The van der Waals surface area contributed by atoms with Crippen LogP contribution in [0.5, 0.6) is 0 Å². The van der Waals surface area contributed by atoms with Gasteiger partial charge >= 0.3 is 0 Å². The van der Waals surface area contributed by atoms with E-state index < -0.39 is 0 Å². The molecule has 3 saturated heterocycles. The van der Waals surface area contributed by atoms with Crippen molar-refractivity contribution in [1.29, 1.82) is 0 Å². The molecule has 5 rings (SSSR count). The number of halogens is 1. The smallest absolute Gasteiger partial charge is 0.186 e. The molecule has 3 aliphatic rings. The monoisotopic (exact) mass is 469 g/mol. The summed E-state index contributed by atoms with van der Waals surface area (Å²) < 4.78 is 12.4. The highest BCUT2D eigenvalue weighted by atomic mass is 127. The zero-order chi connectivity index (χ0) is 17.7. The lowest BCUT2D eigenvalue weighted by Crippen LogP contribution is -2.46. The second kappa shape index (κ2) is 6.79. The molecule has 3 aliphatic heterocycles. The number of morpholine rings is 1. The summed E-state index contributed by atoms with van der Waals surface area (Å²) in [5.41, 5.74) is 2.07. The Bertz CT molecular complexity index is 788. The fourth-order valence-electron chi connectivity index (χ4n) is 4.67. The van der Waals surface area contributed by atoms with Crippen molar-refractivity contribution in [3.8, 4) is 0 Å². The number of aromatic amines is 1. The summed E-state index contributed by atoms with van der Waals surface area (Å²) in [5, 5.41) is 8.75. The van der Waals surface area contributed by atoms with Crippen molar-refractivity contribution in [1.82, 2.24) is 15.2 Å². The van der Waals surface area contributed by atoms with Crippen molar-refractivity contribution in [2.24, 2.45) is 0 Å². The number of hydrogen-bond acceptors (Lipinski definition) is 6. The summed E-state index contributed by atoms with van der Waals surface area (Å²) in [5.74, 6) is 1.06. The zero-order valence-electron chi connectivity index (χ0n) is 14.9. The van der Waals surface area contributed by atoms with Gasteiger partial charge in [-0.05, 0) is 48.3 Å². The summed E-state index contributed by atoms with van der Waals surface area (Å²) in [6, 6.07) is 3.18. The van der Waals surface area contributed by atoms with Crippen molar-refractivity contribution in [2.45, 2.75) is 43.9 Å². The van der Waals surface area contributed by atoms with Crippen molar-refractivity contribution in [2.75, 3.05) is 43.2 Å². The van der Waals surface area contributed by atoms with E-state index in [9.17, 15) is 0 Å². The molecule has 0 radical (unpaired) electrons. The topological polar surface area (TPSA) is 66.5 Å². The summed E-state index contributed by atoms with van der Waals surface area (Å²) in [6.07, 6.45) is 4.88. The third kappa shape index (κ3) is 2.77. The number of anilines is 2. The van der Waals surface area contributed by atoms with E-state index in [0.29, 0.717) is 18.2 Å². The normalized spacial score (nSPS) is 26.8. The Balaban J connectivity index is 1.55. The van der Waals surface area contributed by atoms with Crippen LogP contribution in [0.1, 0.15) is 25.7 Å². The van der Waals surface area contributed by atoms with Gasteiger partial charge in [-0.1, -0.05) is 0 Å². The molecule has 7 nitrogen and oxygen atoms in total. The van der Waals surface area contributed by atoms with Gasteiger partial charge in [-0.3, -0.25) is 5.10 Å². The first-order chi connectivity index (χ1) is 12.7. The van der Waals surface area contributed by atoms with Crippen molar-refractivity contribution in [3.63, 3.8) is 0 Å². The number of hydrogen-bond donors (Lipinski definition) is 1. The average Bonchev–Trinajstić information content (AvgIpc) is 3.17. The molecule has 1 N–H and O–H groups in total. The Kier molecular flexibility index (Phi) is 4.44. The number of ether oxygens (including phenoxy) is 2. The number of fused-ring (bicyclic) bond motifs is 3. The molecule has 0 aliphatic carbocycles. The van der Waals surface area contributed by atoms with Crippen LogP contribution in [0, 0.1) is 3.70 Å². The first-order valence-corrected chi connectivity index (χ1v) is 10.5. The van der Waals surface area contributed by atoms with Crippen LogP contribution in [0.4, 0.5) is 11.5 Å². The molecule has 0 aromatic carbocycles. The van der Waals surface area contributed by atoms with E-state index in [0.717, 1.165) is 59.7 Å². The maximum atomic E-state index is 5.75. The number of methoxy groups -OCH3 is 1. The highest BCUT2D eigenvalue weighted by molar-refractivity contribution is 14.1. The molecule has 2 aromatic rings. The Hall–Kier alpha value is -1.13. The lowest BCUT2D eigenvalue weighted by atomic mass is 10.1. The highest BCUT2D eigenvalue weighted by Gasteiger charge is 2.39. The van der Waals surface area contributed by atoms with E-state index in [1.165, 1.54) is 18.5 Å². The predicted molar refractivity (Wildman–Crippen MR) is 109 cm³/mol. The molecule has 2 atom stereocenters. The summed E-state index contributed by atoms with van der Waals surface area (Å²) >= 11 is 2.33. The average molecular weight is 469 g/mol. The molecule has 140 valence electrons. The second-order valence-corrected chi connectivity index (χ2v) is 8.57. The maximum absolute atomic E-state index is 5.75. The lowest BCUT2D eigenvalue weighted by molar-refractivity contribution is 0.0819. The minimum atomic E-state index is 0.376. The van der Waals surface area contributed by atoms with E-state index in [2.05, 4.69) is 48.7 Å². The zero-order valence-corrected chi connectivity index (χ0v) is 17.1. The molecule has 0 saturated carbocycles. The number of piperidine rings is 1. The third-order valence-electron chi connectivity index (χ3n) is 6.07. The van der Waals surface area contributed by atoms with Crippen molar-refractivity contribution in [3.05, 3.63) is 9.77 Å². The van der Waals surface area contributed by atoms with Crippen molar-refractivity contribution < 1.29 is 9.47 Å². The maximum Gasteiger partial charge on any atom is 0.186 e. The first-order valence-electron chi connectivity index (χ1n) is 9.43. The molecule has 3 fully saturated rings. The van der Waals surface area contributed by atoms with Gasteiger partial charge in [-0.2, -0.15) is 5.10 Å². The van der Waals surface area contributed by atoms with Gasteiger partial charge in [0.2, 0.25) is 0 Å². The van der Waals surface area contributed by atoms with Crippen LogP contribution < -0.4 is 9.80 Å². The predicted octanol–water partition coefficient (Wildman–Crippen LogP) is 2.55. The minimum Gasteiger partial charge on any atom is -0.381 e. The van der Waals surface area contributed by atoms with Gasteiger partial charge < -0.3 is 19.3 Å². The van der Waals surface area contributed by atoms with Crippen LogP contribution in [-0.2, 0) is 9.47 Å². The molecule has 0 amide bonds.